The summed E-state index contributed by atoms with van der Waals surface area (Å²) >= 11 is 0. The molecule has 0 radical (unpaired) electrons. The van der Waals surface area contributed by atoms with Gasteiger partial charge in [-0.2, -0.15) is 0 Å². The number of hydrogen-bond acceptors (Lipinski definition) is 6. The molecule has 7 rings (SSSR count). The lowest BCUT2D eigenvalue weighted by molar-refractivity contribution is -0.208. The van der Waals surface area contributed by atoms with Gasteiger partial charge in [-0.1, -0.05) is 49.5 Å². The molecule has 0 unspecified atom stereocenters. The second-order valence-corrected chi connectivity index (χ2v) is 12.8. The van der Waals surface area contributed by atoms with Crippen LogP contribution in [0.5, 0.6) is 0 Å². The van der Waals surface area contributed by atoms with Gasteiger partial charge in [-0.15, -0.1) is 0 Å². The minimum atomic E-state index is -1.21. The maximum atomic E-state index is 13.6. The van der Waals surface area contributed by atoms with Gasteiger partial charge in [0.15, 0.2) is 23.5 Å². The van der Waals surface area contributed by atoms with E-state index in [1.807, 2.05) is 0 Å². The SMILES string of the molecule is C[C@]12C[C@H](O)[C@H]3[C@@H](CCC4=CC(=O)C=C[C@@]43C3=CC3)[C@@H]1C[C@H]1O[C@H](C3CCCCC3)O[C@]12C(=O)CO. The molecule has 1 saturated heterocycles. The van der Waals surface area contributed by atoms with Gasteiger partial charge in [0.25, 0.3) is 0 Å². The first-order valence-electron chi connectivity index (χ1n) is 14.1. The summed E-state index contributed by atoms with van der Waals surface area (Å²) in [4.78, 5) is 25.9. The van der Waals surface area contributed by atoms with Gasteiger partial charge in [0.05, 0.1) is 12.2 Å². The molecule has 6 heteroatoms. The van der Waals surface area contributed by atoms with Gasteiger partial charge in [-0.05, 0) is 68.9 Å². The summed E-state index contributed by atoms with van der Waals surface area (Å²) in [5, 5.41) is 22.1. The lowest BCUT2D eigenvalue weighted by Gasteiger charge is -2.60. The molecule has 7 aliphatic rings. The predicted octanol–water partition coefficient (Wildman–Crippen LogP) is 3.81. The van der Waals surface area contributed by atoms with Crippen LogP contribution in [0.15, 0.2) is 35.5 Å². The maximum absolute atomic E-state index is 13.6. The molecule has 0 bridgehead atoms. The second-order valence-electron chi connectivity index (χ2n) is 12.8. The average Bonchev–Trinajstić information content (AvgIpc) is 3.62. The zero-order valence-corrected chi connectivity index (χ0v) is 21.2. The number of carbonyl (C=O) groups excluding carboxylic acids is 2. The molecule has 1 heterocycles. The lowest BCUT2D eigenvalue weighted by Crippen LogP contribution is -2.64. The molecule has 0 aromatic carbocycles. The fourth-order valence-corrected chi connectivity index (χ4v) is 9.90. The first kappa shape index (κ1) is 23.5. The largest absolute Gasteiger partial charge is 0.393 e. The van der Waals surface area contributed by atoms with Crippen LogP contribution in [0.2, 0.25) is 0 Å². The Balaban J connectivity index is 1.28. The smallest absolute Gasteiger partial charge is 0.193 e. The lowest BCUT2D eigenvalue weighted by atomic mass is 9.45. The number of hydrogen-bond donors (Lipinski definition) is 2. The fraction of sp³-hybridized carbons (Fsp3) is 0.733. The Morgan fingerprint density at radius 2 is 1.94 bits per heavy atom. The quantitative estimate of drug-likeness (QED) is 0.578. The minimum absolute atomic E-state index is 0.0251. The highest BCUT2D eigenvalue weighted by molar-refractivity contribution is 6.01. The standard InChI is InChI=1S/C30H38O6/c1-28-15-23(33)26-21(10-9-19-13-20(32)11-12-29(19,26)18-7-8-18)22(28)14-25-30(28,24(34)16-31)36-27(35-25)17-5-3-2-4-6-17/h7,11-13,17,21-23,25-27,31,33H,2-6,8-10,14-16H2,1H3/t21-,22-,23-,25+,26+,27-,28-,29+,30+/m0/s1. The molecule has 0 aromatic heterocycles. The van der Waals surface area contributed by atoms with E-state index >= 15 is 0 Å². The Morgan fingerprint density at radius 1 is 1.17 bits per heavy atom. The molecule has 6 aliphatic carbocycles. The van der Waals surface area contributed by atoms with Crippen molar-refractivity contribution < 1.29 is 29.3 Å². The van der Waals surface area contributed by atoms with Crippen molar-refractivity contribution in [2.45, 2.75) is 95.2 Å². The normalized spacial score (nSPS) is 49.5. The number of aliphatic hydroxyl groups excluding tert-OH is 2. The van der Waals surface area contributed by atoms with E-state index in [2.05, 4.69) is 19.1 Å². The number of aliphatic hydroxyl groups is 2. The highest BCUT2D eigenvalue weighted by Gasteiger charge is 2.76. The van der Waals surface area contributed by atoms with Crippen molar-refractivity contribution in [2.75, 3.05) is 6.61 Å². The van der Waals surface area contributed by atoms with Gasteiger partial charge in [0.2, 0.25) is 0 Å². The van der Waals surface area contributed by atoms with Crippen molar-refractivity contribution in [3.8, 4) is 0 Å². The Labute approximate surface area is 212 Å². The molecule has 0 spiro atoms. The van der Waals surface area contributed by atoms with Crippen molar-refractivity contribution in [2.24, 2.45) is 34.5 Å². The number of rotatable bonds is 4. The molecule has 36 heavy (non-hydrogen) atoms. The van der Waals surface area contributed by atoms with Crippen LogP contribution in [-0.2, 0) is 19.1 Å². The second kappa shape index (κ2) is 7.95. The van der Waals surface area contributed by atoms with Crippen LogP contribution in [0.4, 0.5) is 0 Å². The summed E-state index contributed by atoms with van der Waals surface area (Å²) in [6.07, 6.45) is 15.8. The minimum Gasteiger partial charge on any atom is -0.393 e. The van der Waals surface area contributed by atoms with E-state index in [0.717, 1.165) is 56.9 Å². The Bertz CT molecular complexity index is 1080. The van der Waals surface area contributed by atoms with Crippen molar-refractivity contribution in [1.82, 2.24) is 0 Å². The molecular formula is C30H38O6. The number of ketones is 2. The first-order chi connectivity index (χ1) is 17.3. The molecule has 2 N–H and O–H groups in total. The number of allylic oxidation sites excluding steroid dienone is 6. The van der Waals surface area contributed by atoms with Gasteiger partial charge < -0.3 is 19.7 Å². The van der Waals surface area contributed by atoms with Crippen LogP contribution in [0.3, 0.4) is 0 Å². The van der Waals surface area contributed by atoms with Crippen LogP contribution in [-0.4, -0.2) is 52.5 Å². The van der Waals surface area contributed by atoms with E-state index in [-0.39, 0.29) is 46.8 Å². The van der Waals surface area contributed by atoms with Crippen LogP contribution in [0.25, 0.3) is 0 Å². The molecule has 0 amide bonds. The highest BCUT2D eigenvalue weighted by atomic mass is 16.7. The van der Waals surface area contributed by atoms with E-state index in [1.54, 1.807) is 12.2 Å². The number of fused-ring (bicyclic) bond motifs is 7. The molecule has 6 nitrogen and oxygen atoms in total. The van der Waals surface area contributed by atoms with E-state index in [1.165, 1.54) is 12.0 Å². The molecule has 5 fully saturated rings. The average molecular weight is 495 g/mol. The van der Waals surface area contributed by atoms with E-state index in [4.69, 9.17) is 9.47 Å². The maximum Gasteiger partial charge on any atom is 0.193 e. The number of carbonyl (C=O) groups is 2. The summed E-state index contributed by atoms with van der Waals surface area (Å²) in [6.45, 7) is 1.55. The van der Waals surface area contributed by atoms with Gasteiger partial charge in [0.1, 0.15) is 6.61 Å². The fourth-order valence-electron chi connectivity index (χ4n) is 9.90. The summed E-state index contributed by atoms with van der Waals surface area (Å²) in [6, 6.07) is 0. The van der Waals surface area contributed by atoms with E-state index in [0.29, 0.717) is 6.42 Å². The molecule has 4 saturated carbocycles. The van der Waals surface area contributed by atoms with Crippen molar-refractivity contribution in [3.05, 3.63) is 35.5 Å². The van der Waals surface area contributed by atoms with Crippen LogP contribution in [0.1, 0.15) is 71.1 Å². The predicted molar refractivity (Wildman–Crippen MR) is 132 cm³/mol. The number of Topliss-reactive ketones (excluding diaryl/α,β-unsaturated/α-hetero) is 1. The summed E-state index contributed by atoms with van der Waals surface area (Å²) in [5.74, 6) is 0.331. The third kappa shape index (κ3) is 2.88. The van der Waals surface area contributed by atoms with E-state index < -0.39 is 30.0 Å². The summed E-state index contributed by atoms with van der Waals surface area (Å²) < 4.78 is 13.4. The molecule has 194 valence electrons. The number of ether oxygens (including phenoxy) is 2. The van der Waals surface area contributed by atoms with Gasteiger partial charge in [-0.3, -0.25) is 9.59 Å². The van der Waals surface area contributed by atoms with Crippen LogP contribution >= 0.6 is 0 Å². The Hall–Kier alpha value is -1.60. The first-order valence-corrected chi connectivity index (χ1v) is 14.1. The summed E-state index contributed by atoms with van der Waals surface area (Å²) in [5.41, 5.74) is 0.262. The topological polar surface area (TPSA) is 93.1 Å². The van der Waals surface area contributed by atoms with Crippen molar-refractivity contribution >= 4 is 11.6 Å². The highest BCUT2D eigenvalue weighted by Crippen LogP contribution is 2.71. The van der Waals surface area contributed by atoms with E-state index in [9.17, 15) is 19.8 Å². The monoisotopic (exact) mass is 494 g/mol. The Morgan fingerprint density at radius 3 is 2.67 bits per heavy atom. The zero-order valence-electron chi connectivity index (χ0n) is 21.2. The van der Waals surface area contributed by atoms with Crippen molar-refractivity contribution in [1.29, 1.82) is 0 Å². The van der Waals surface area contributed by atoms with Gasteiger partial charge >= 0.3 is 0 Å². The third-order valence-corrected chi connectivity index (χ3v) is 11.4. The van der Waals surface area contributed by atoms with Crippen LogP contribution < -0.4 is 0 Å². The van der Waals surface area contributed by atoms with Crippen molar-refractivity contribution in [3.63, 3.8) is 0 Å². The molecule has 1 aliphatic heterocycles. The summed E-state index contributed by atoms with van der Waals surface area (Å²) in [7, 11) is 0. The Kier molecular flexibility index (Phi) is 5.19. The van der Waals surface area contributed by atoms with Gasteiger partial charge in [0, 0.05) is 22.7 Å². The molecular weight excluding hydrogens is 456 g/mol. The van der Waals surface area contributed by atoms with Crippen LogP contribution in [0, 0.1) is 34.5 Å². The third-order valence-electron chi connectivity index (χ3n) is 11.4. The van der Waals surface area contributed by atoms with Gasteiger partial charge in [-0.25, -0.2) is 0 Å². The molecule has 0 aromatic rings. The zero-order chi connectivity index (χ0) is 24.9. The molecule has 9 atom stereocenters.